The van der Waals surface area contributed by atoms with Gasteiger partial charge in [-0.1, -0.05) is 29.3 Å². The van der Waals surface area contributed by atoms with Crippen molar-refractivity contribution in [2.45, 2.75) is 57.7 Å². The van der Waals surface area contributed by atoms with Crippen molar-refractivity contribution in [1.29, 1.82) is 0 Å². The lowest BCUT2D eigenvalue weighted by atomic mass is 9.90. The molecule has 0 spiro atoms. The number of phenols is 1. The van der Waals surface area contributed by atoms with E-state index in [1.807, 2.05) is 18.2 Å². The summed E-state index contributed by atoms with van der Waals surface area (Å²) in [5, 5.41) is 17.6. The highest BCUT2D eigenvalue weighted by atomic mass is 35.5. The largest absolute Gasteiger partial charge is 0.505 e. The molecule has 2 aromatic carbocycles. The maximum atomic E-state index is 12.5. The second-order valence-corrected chi connectivity index (χ2v) is 9.93. The van der Waals surface area contributed by atoms with E-state index in [2.05, 4.69) is 15.6 Å². The zero-order valence-corrected chi connectivity index (χ0v) is 21.1. The average Bonchev–Trinajstić information content (AvgIpc) is 2.83. The Labute approximate surface area is 214 Å². The number of anilines is 1. The van der Waals surface area contributed by atoms with Gasteiger partial charge >= 0.3 is 0 Å². The van der Waals surface area contributed by atoms with Crippen LogP contribution in [0.1, 0.15) is 49.9 Å². The number of nitrogens with zero attached hydrogens (tertiary/aromatic N) is 1. The summed E-state index contributed by atoms with van der Waals surface area (Å²) in [5.41, 5.74) is 9.24. The SMILES string of the molecule is CC(=O)c1cnc2ccc(-c3cc(Cl)c(O)c(Cl)c3)cc2c1N[C@H]1CC[C@H](NC(=O)C(C)N)CC1. The third-order valence-corrected chi connectivity index (χ3v) is 7.01. The fourth-order valence-corrected chi connectivity index (χ4v) is 4.93. The Morgan fingerprint density at radius 1 is 1.06 bits per heavy atom. The standard InChI is InChI=1S/C26H28Cl2N4O3/c1-13(29)26(35)32-18-6-4-17(5-7-18)31-24-19-9-15(16-10-21(27)25(34)22(28)11-16)3-8-23(19)30-12-20(24)14(2)33/h3,8-13,17-18,34H,4-7,29H2,1-2H3,(H,30,31)(H,32,35)/t13?,17-,18-. The number of fused-ring (bicyclic) bond motifs is 1. The predicted molar refractivity (Wildman–Crippen MR) is 140 cm³/mol. The summed E-state index contributed by atoms with van der Waals surface area (Å²) in [6.45, 7) is 3.20. The number of rotatable bonds is 6. The number of ketones is 1. The predicted octanol–water partition coefficient (Wildman–Crippen LogP) is 5.30. The van der Waals surface area contributed by atoms with Crippen LogP contribution in [0, 0.1) is 0 Å². The van der Waals surface area contributed by atoms with Crippen molar-refractivity contribution in [3.63, 3.8) is 0 Å². The quantitative estimate of drug-likeness (QED) is 0.331. The summed E-state index contributed by atoms with van der Waals surface area (Å²) >= 11 is 12.3. The number of nitrogens with two attached hydrogens (primary N) is 1. The molecule has 7 nitrogen and oxygen atoms in total. The molecule has 1 aliphatic carbocycles. The Hall–Kier alpha value is -2.87. The van der Waals surface area contributed by atoms with E-state index in [0.29, 0.717) is 5.56 Å². The number of aromatic nitrogens is 1. The van der Waals surface area contributed by atoms with E-state index in [9.17, 15) is 14.7 Å². The molecule has 1 aliphatic rings. The fourth-order valence-electron chi connectivity index (χ4n) is 4.45. The van der Waals surface area contributed by atoms with E-state index in [4.69, 9.17) is 28.9 Å². The summed E-state index contributed by atoms with van der Waals surface area (Å²) < 4.78 is 0. The molecule has 0 bridgehead atoms. The number of hydrogen-bond acceptors (Lipinski definition) is 6. The zero-order valence-electron chi connectivity index (χ0n) is 19.6. The van der Waals surface area contributed by atoms with Gasteiger partial charge in [0.15, 0.2) is 11.5 Å². The molecule has 5 N–H and O–H groups in total. The molecule has 9 heteroatoms. The van der Waals surface area contributed by atoms with Gasteiger partial charge in [0.25, 0.3) is 0 Å². The van der Waals surface area contributed by atoms with E-state index in [-0.39, 0.29) is 39.6 Å². The number of nitrogens with one attached hydrogen (secondary N) is 2. The molecule has 3 aromatic rings. The Balaban J connectivity index is 1.65. The number of Topliss-reactive ketones (excluding diaryl/α,β-unsaturated/α-hetero) is 1. The van der Waals surface area contributed by atoms with Gasteiger partial charge in [0.05, 0.1) is 32.9 Å². The summed E-state index contributed by atoms with van der Waals surface area (Å²) in [4.78, 5) is 28.9. The number of phenolic OH excluding ortho intramolecular Hbond substituents is 1. The molecule has 1 atom stereocenters. The minimum absolute atomic E-state index is 0.0825. The Kier molecular flexibility index (Phi) is 7.50. The van der Waals surface area contributed by atoms with Crippen LogP contribution in [0.2, 0.25) is 10.0 Å². The highest BCUT2D eigenvalue weighted by Gasteiger charge is 2.25. The first-order valence-corrected chi connectivity index (χ1v) is 12.3. The van der Waals surface area contributed by atoms with Crippen molar-refractivity contribution in [2.75, 3.05) is 5.32 Å². The molecule has 4 rings (SSSR count). The molecular formula is C26H28Cl2N4O3. The second kappa shape index (κ2) is 10.4. The highest BCUT2D eigenvalue weighted by molar-refractivity contribution is 6.37. The molecule has 35 heavy (non-hydrogen) atoms. The number of halogens is 2. The molecule has 1 unspecified atom stereocenters. The van der Waals surface area contributed by atoms with Crippen molar-refractivity contribution in [3.05, 3.63) is 52.1 Å². The first-order valence-electron chi connectivity index (χ1n) is 11.6. The fraction of sp³-hybridized carbons (Fsp3) is 0.346. The van der Waals surface area contributed by atoms with Crippen molar-refractivity contribution in [2.24, 2.45) is 5.73 Å². The minimum atomic E-state index is -0.528. The van der Waals surface area contributed by atoms with Gasteiger partial charge in [0.1, 0.15) is 0 Å². The normalized spacial score (nSPS) is 18.8. The van der Waals surface area contributed by atoms with Crippen LogP contribution in [-0.2, 0) is 4.79 Å². The number of carbonyl (C=O) groups excluding carboxylic acids is 2. The van der Waals surface area contributed by atoms with Crippen LogP contribution < -0.4 is 16.4 Å². The van der Waals surface area contributed by atoms with Gasteiger partial charge in [-0.25, -0.2) is 0 Å². The molecule has 0 aliphatic heterocycles. The molecule has 0 saturated heterocycles. The monoisotopic (exact) mass is 514 g/mol. The Morgan fingerprint density at radius 3 is 2.29 bits per heavy atom. The molecule has 1 fully saturated rings. The van der Waals surface area contributed by atoms with Crippen molar-refractivity contribution in [3.8, 4) is 16.9 Å². The van der Waals surface area contributed by atoms with Crippen LogP contribution in [-0.4, -0.2) is 39.9 Å². The molecule has 1 saturated carbocycles. The number of aromatic hydroxyl groups is 1. The summed E-state index contributed by atoms with van der Waals surface area (Å²) in [5.74, 6) is -0.378. The zero-order chi connectivity index (χ0) is 25.3. The van der Waals surface area contributed by atoms with Crippen molar-refractivity contribution >= 4 is 51.5 Å². The highest BCUT2D eigenvalue weighted by Crippen LogP contribution is 2.38. The van der Waals surface area contributed by atoms with Crippen LogP contribution in [0.15, 0.2) is 36.5 Å². The minimum Gasteiger partial charge on any atom is -0.505 e. The number of carbonyl (C=O) groups is 2. The van der Waals surface area contributed by atoms with E-state index >= 15 is 0 Å². The summed E-state index contributed by atoms with van der Waals surface area (Å²) in [6.07, 6.45) is 4.94. The van der Waals surface area contributed by atoms with E-state index in [1.165, 1.54) is 6.92 Å². The second-order valence-electron chi connectivity index (χ2n) is 9.11. The van der Waals surface area contributed by atoms with Gasteiger partial charge < -0.3 is 21.5 Å². The average molecular weight is 515 g/mol. The number of benzene rings is 2. The molecule has 1 heterocycles. The lowest BCUT2D eigenvalue weighted by molar-refractivity contribution is -0.122. The van der Waals surface area contributed by atoms with Gasteiger partial charge in [-0.2, -0.15) is 0 Å². The molecule has 1 aromatic heterocycles. The molecular weight excluding hydrogens is 487 g/mol. The lowest BCUT2D eigenvalue weighted by Gasteiger charge is -2.31. The van der Waals surface area contributed by atoms with E-state index < -0.39 is 6.04 Å². The number of amides is 1. The Morgan fingerprint density at radius 2 is 1.69 bits per heavy atom. The third kappa shape index (κ3) is 5.53. The third-order valence-electron chi connectivity index (χ3n) is 6.43. The molecule has 0 radical (unpaired) electrons. The first kappa shape index (κ1) is 25.2. The van der Waals surface area contributed by atoms with Gasteiger partial charge in [-0.15, -0.1) is 0 Å². The first-order chi connectivity index (χ1) is 16.6. The van der Waals surface area contributed by atoms with Crippen molar-refractivity contribution in [1.82, 2.24) is 10.3 Å². The van der Waals surface area contributed by atoms with Crippen molar-refractivity contribution < 1.29 is 14.7 Å². The van der Waals surface area contributed by atoms with Crippen LogP contribution >= 0.6 is 23.2 Å². The van der Waals surface area contributed by atoms with Crippen LogP contribution in [0.3, 0.4) is 0 Å². The topological polar surface area (TPSA) is 117 Å². The maximum Gasteiger partial charge on any atom is 0.236 e. The summed E-state index contributed by atoms with van der Waals surface area (Å²) in [7, 11) is 0. The van der Waals surface area contributed by atoms with Gasteiger partial charge in [-0.3, -0.25) is 14.6 Å². The van der Waals surface area contributed by atoms with Gasteiger partial charge in [-0.05, 0) is 74.9 Å². The van der Waals surface area contributed by atoms with Crippen LogP contribution in [0.25, 0.3) is 22.0 Å². The van der Waals surface area contributed by atoms with Crippen LogP contribution in [0.4, 0.5) is 5.69 Å². The smallest absolute Gasteiger partial charge is 0.236 e. The molecule has 1 amide bonds. The van der Waals surface area contributed by atoms with E-state index in [1.54, 1.807) is 25.3 Å². The van der Waals surface area contributed by atoms with Gasteiger partial charge in [0, 0.05) is 23.7 Å². The number of pyridine rings is 1. The Bertz CT molecular complexity index is 1260. The van der Waals surface area contributed by atoms with E-state index in [0.717, 1.165) is 53.4 Å². The van der Waals surface area contributed by atoms with Gasteiger partial charge in [0.2, 0.25) is 5.91 Å². The number of hydrogen-bond donors (Lipinski definition) is 4. The van der Waals surface area contributed by atoms with Crippen LogP contribution in [0.5, 0.6) is 5.75 Å². The molecule has 184 valence electrons. The maximum absolute atomic E-state index is 12.5. The lowest BCUT2D eigenvalue weighted by Crippen LogP contribution is -2.46. The summed E-state index contributed by atoms with van der Waals surface area (Å²) in [6, 6.07) is 8.75.